The number of nitrogens with zero attached hydrogens (tertiary/aromatic N) is 1. The predicted octanol–water partition coefficient (Wildman–Crippen LogP) is 1.77. The van der Waals surface area contributed by atoms with E-state index in [0.29, 0.717) is 12.1 Å². The highest BCUT2D eigenvalue weighted by molar-refractivity contribution is 5.46. The van der Waals surface area contributed by atoms with Gasteiger partial charge in [-0.3, -0.25) is 0 Å². The standard InChI is InChI=1S/C15H22N2O/c18-15-10-13(11-15)16-12-6-8-17(9-7-12)14-4-2-1-3-5-14/h1-5,12-13,15-16,18H,6-11H2. The first-order chi connectivity index (χ1) is 8.81. The lowest BCUT2D eigenvalue weighted by atomic mass is 9.88. The molecule has 2 fully saturated rings. The van der Waals surface area contributed by atoms with Gasteiger partial charge in [0.2, 0.25) is 0 Å². The molecule has 0 spiro atoms. The zero-order chi connectivity index (χ0) is 12.4. The molecule has 18 heavy (non-hydrogen) atoms. The molecule has 3 rings (SSSR count). The third-order valence-corrected chi connectivity index (χ3v) is 4.20. The van der Waals surface area contributed by atoms with Crippen molar-refractivity contribution in [2.75, 3.05) is 18.0 Å². The van der Waals surface area contributed by atoms with Gasteiger partial charge in [-0.05, 0) is 37.8 Å². The van der Waals surface area contributed by atoms with Crippen molar-refractivity contribution in [1.29, 1.82) is 0 Å². The van der Waals surface area contributed by atoms with Crippen LogP contribution in [0.1, 0.15) is 25.7 Å². The van der Waals surface area contributed by atoms with Crippen molar-refractivity contribution in [2.24, 2.45) is 0 Å². The molecule has 0 radical (unpaired) electrons. The number of benzene rings is 1. The monoisotopic (exact) mass is 246 g/mol. The Bertz CT molecular complexity index is 367. The molecular formula is C15H22N2O. The summed E-state index contributed by atoms with van der Waals surface area (Å²) in [5.74, 6) is 0. The van der Waals surface area contributed by atoms with Gasteiger partial charge >= 0.3 is 0 Å². The van der Waals surface area contributed by atoms with Crippen molar-refractivity contribution in [3.05, 3.63) is 30.3 Å². The van der Waals surface area contributed by atoms with Crippen LogP contribution in [-0.2, 0) is 0 Å². The smallest absolute Gasteiger partial charge is 0.0570 e. The van der Waals surface area contributed by atoms with Gasteiger partial charge in [0, 0.05) is 30.9 Å². The highest BCUT2D eigenvalue weighted by Crippen LogP contribution is 2.23. The number of hydrogen-bond donors (Lipinski definition) is 2. The van der Waals surface area contributed by atoms with Gasteiger partial charge in [-0.1, -0.05) is 18.2 Å². The van der Waals surface area contributed by atoms with Gasteiger partial charge in [-0.15, -0.1) is 0 Å². The maximum Gasteiger partial charge on any atom is 0.0570 e. The van der Waals surface area contributed by atoms with E-state index in [1.54, 1.807) is 0 Å². The van der Waals surface area contributed by atoms with Crippen molar-refractivity contribution < 1.29 is 5.11 Å². The molecule has 1 aromatic carbocycles. The molecule has 2 aliphatic rings. The highest BCUT2D eigenvalue weighted by atomic mass is 16.3. The molecule has 1 aliphatic heterocycles. The van der Waals surface area contributed by atoms with Crippen LogP contribution in [0.25, 0.3) is 0 Å². The Labute approximate surface area is 109 Å². The van der Waals surface area contributed by atoms with E-state index < -0.39 is 0 Å². The zero-order valence-corrected chi connectivity index (χ0v) is 10.8. The lowest BCUT2D eigenvalue weighted by Crippen LogP contribution is -2.51. The lowest BCUT2D eigenvalue weighted by Gasteiger charge is -2.39. The first-order valence-corrected chi connectivity index (χ1v) is 7.05. The molecule has 0 unspecified atom stereocenters. The van der Waals surface area contributed by atoms with Crippen molar-refractivity contribution in [1.82, 2.24) is 5.32 Å². The quantitative estimate of drug-likeness (QED) is 0.853. The van der Waals surface area contributed by atoms with E-state index in [1.165, 1.54) is 18.5 Å². The minimum absolute atomic E-state index is 0.0492. The first-order valence-electron chi connectivity index (χ1n) is 7.05. The van der Waals surface area contributed by atoms with Gasteiger partial charge in [-0.25, -0.2) is 0 Å². The minimum atomic E-state index is -0.0492. The number of hydrogen-bond acceptors (Lipinski definition) is 3. The molecule has 0 bridgehead atoms. The normalized spacial score (nSPS) is 29.1. The molecule has 3 nitrogen and oxygen atoms in total. The molecule has 1 aliphatic carbocycles. The van der Waals surface area contributed by atoms with E-state index in [9.17, 15) is 5.11 Å². The summed E-state index contributed by atoms with van der Waals surface area (Å²) in [5.41, 5.74) is 1.34. The molecule has 2 N–H and O–H groups in total. The Morgan fingerprint density at radius 1 is 1.00 bits per heavy atom. The summed E-state index contributed by atoms with van der Waals surface area (Å²) >= 11 is 0. The molecule has 3 heteroatoms. The first kappa shape index (κ1) is 12.0. The van der Waals surface area contributed by atoms with Gasteiger partial charge in [0.15, 0.2) is 0 Å². The van der Waals surface area contributed by atoms with Crippen LogP contribution in [0.5, 0.6) is 0 Å². The maximum atomic E-state index is 9.29. The second-order valence-electron chi connectivity index (χ2n) is 5.59. The summed E-state index contributed by atoms with van der Waals surface area (Å²) in [5, 5.41) is 13.0. The maximum absolute atomic E-state index is 9.29. The largest absolute Gasteiger partial charge is 0.393 e. The fraction of sp³-hybridized carbons (Fsp3) is 0.600. The van der Waals surface area contributed by atoms with Gasteiger partial charge in [0.05, 0.1) is 6.10 Å². The van der Waals surface area contributed by atoms with Crippen LogP contribution in [0.15, 0.2) is 30.3 Å². The summed E-state index contributed by atoms with van der Waals surface area (Å²) in [7, 11) is 0. The van der Waals surface area contributed by atoms with E-state index in [-0.39, 0.29) is 6.10 Å². The number of aliphatic hydroxyl groups excluding tert-OH is 1. The highest BCUT2D eigenvalue weighted by Gasteiger charge is 2.30. The number of aliphatic hydroxyl groups is 1. The number of piperidine rings is 1. The Balaban J connectivity index is 1.46. The molecular weight excluding hydrogens is 224 g/mol. The molecule has 98 valence electrons. The van der Waals surface area contributed by atoms with Crippen molar-refractivity contribution in [3.8, 4) is 0 Å². The third-order valence-electron chi connectivity index (χ3n) is 4.20. The van der Waals surface area contributed by atoms with Crippen LogP contribution >= 0.6 is 0 Å². The lowest BCUT2D eigenvalue weighted by molar-refractivity contribution is 0.0562. The van der Waals surface area contributed by atoms with Gasteiger partial charge in [0.25, 0.3) is 0 Å². The van der Waals surface area contributed by atoms with Crippen molar-refractivity contribution in [3.63, 3.8) is 0 Å². The van der Waals surface area contributed by atoms with Crippen LogP contribution in [0.2, 0.25) is 0 Å². The SMILES string of the molecule is OC1CC(NC2CCN(c3ccccc3)CC2)C1. The molecule has 1 aromatic rings. The van der Waals surface area contributed by atoms with Crippen molar-refractivity contribution in [2.45, 2.75) is 43.9 Å². The summed E-state index contributed by atoms with van der Waals surface area (Å²) in [6, 6.07) is 11.9. The number of para-hydroxylation sites is 1. The number of anilines is 1. The number of nitrogens with one attached hydrogen (secondary N) is 1. The van der Waals surface area contributed by atoms with Crippen LogP contribution in [0.4, 0.5) is 5.69 Å². The Kier molecular flexibility index (Phi) is 3.52. The summed E-state index contributed by atoms with van der Waals surface area (Å²) in [6.07, 6.45) is 4.26. The Morgan fingerprint density at radius 2 is 1.67 bits per heavy atom. The Morgan fingerprint density at radius 3 is 2.28 bits per heavy atom. The van der Waals surface area contributed by atoms with E-state index >= 15 is 0 Å². The molecule has 1 heterocycles. The molecule has 0 amide bonds. The summed E-state index contributed by atoms with van der Waals surface area (Å²) in [6.45, 7) is 2.27. The average Bonchev–Trinajstić information content (AvgIpc) is 2.39. The van der Waals surface area contributed by atoms with Crippen LogP contribution in [0.3, 0.4) is 0 Å². The van der Waals surface area contributed by atoms with Crippen LogP contribution in [-0.4, -0.2) is 36.4 Å². The van der Waals surface area contributed by atoms with E-state index in [4.69, 9.17) is 0 Å². The van der Waals surface area contributed by atoms with Gasteiger partial charge < -0.3 is 15.3 Å². The average molecular weight is 246 g/mol. The predicted molar refractivity (Wildman–Crippen MR) is 73.8 cm³/mol. The number of rotatable bonds is 3. The molecule has 1 saturated carbocycles. The molecule has 0 aromatic heterocycles. The fourth-order valence-electron chi connectivity index (χ4n) is 3.00. The second kappa shape index (κ2) is 5.29. The second-order valence-corrected chi connectivity index (χ2v) is 5.59. The fourth-order valence-corrected chi connectivity index (χ4v) is 3.00. The minimum Gasteiger partial charge on any atom is -0.393 e. The van der Waals surface area contributed by atoms with Gasteiger partial charge in [-0.2, -0.15) is 0 Å². The van der Waals surface area contributed by atoms with Crippen molar-refractivity contribution >= 4 is 5.69 Å². The van der Waals surface area contributed by atoms with E-state index in [2.05, 4.69) is 40.5 Å². The van der Waals surface area contributed by atoms with Gasteiger partial charge in [0.1, 0.15) is 0 Å². The summed E-state index contributed by atoms with van der Waals surface area (Å²) in [4.78, 5) is 2.47. The van der Waals surface area contributed by atoms with Crippen LogP contribution < -0.4 is 10.2 Å². The molecule has 0 atom stereocenters. The third kappa shape index (κ3) is 2.68. The zero-order valence-electron chi connectivity index (χ0n) is 10.8. The topological polar surface area (TPSA) is 35.5 Å². The van der Waals surface area contributed by atoms with Crippen LogP contribution in [0, 0.1) is 0 Å². The van der Waals surface area contributed by atoms with E-state index in [0.717, 1.165) is 25.9 Å². The molecule has 1 saturated heterocycles. The van der Waals surface area contributed by atoms with E-state index in [1.807, 2.05) is 0 Å². The Hall–Kier alpha value is -1.06. The summed E-state index contributed by atoms with van der Waals surface area (Å²) < 4.78 is 0.